The lowest BCUT2D eigenvalue weighted by Crippen LogP contribution is -2.11. The van der Waals surface area contributed by atoms with Crippen molar-refractivity contribution in [1.29, 1.82) is 0 Å². The topological polar surface area (TPSA) is 36.9 Å². The Morgan fingerprint density at radius 1 is 0.404 bits per heavy atom. The summed E-state index contributed by atoms with van der Waals surface area (Å²) >= 11 is 0. The zero-order valence-electron chi connectivity index (χ0n) is 30.6. The molecule has 8 rings (SSSR count). The summed E-state index contributed by atoms with van der Waals surface area (Å²) < 4.78 is 25.4. The van der Waals surface area contributed by atoms with E-state index in [2.05, 4.69) is 123 Å². The molecule has 0 aromatic heterocycles. The SMILES string of the molecule is CC1CCC(c2ccc(OCOc3ccc4ccccc4c3-c3c(OCOc4ccc(C5CCC(C)CC5)cc4)ccc4ccccc34)cc2)CC1. The molecule has 0 saturated heterocycles. The summed E-state index contributed by atoms with van der Waals surface area (Å²) in [6.07, 6.45) is 10.3. The van der Waals surface area contributed by atoms with E-state index in [1.165, 1.54) is 62.5 Å². The lowest BCUT2D eigenvalue weighted by Gasteiger charge is -2.26. The minimum atomic E-state index is 0.0889. The van der Waals surface area contributed by atoms with Crippen LogP contribution in [-0.4, -0.2) is 13.6 Å². The Balaban J connectivity index is 1.03. The number of ether oxygens (including phenoxy) is 4. The molecule has 52 heavy (non-hydrogen) atoms. The third-order valence-corrected chi connectivity index (χ3v) is 11.6. The third kappa shape index (κ3) is 7.62. The van der Waals surface area contributed by atoms with Gasteiger partial charge in [-0.05, 0) is 118 Å². The summed E-state index contributed by atoms with van der Waals surface area (Å²) in [4.78, 5) is 0. The number of fused-ring (bicyclic) bond motifs is 2. The molecule has 0 spiro atoms. The molecule has 6 aromatic rings. The lowest BCUT2D eigenvalue weighted by molar-refractivity contribution is 0.118. The van der Waals surface area contributed by atoms with Gasteiger partial charge in [-0.25, -0.2) is 0 Å². The van der Waals surface area contributed by atoms with Crippen LogP contribution in [-0.2, 0) is 0 Å². The summed E-state index contributed by atoms with van der Waals surface area (Å²) in [6.45, 7) is 4.92. The summed E-state index contributed by atoms with van der Waals surface area (Å²) in [5.74, 6) is 6.09. The molecule has 0 aliphatic heterocycles. The Morgan fingerprint density at radius 2 is 0.788 bits per heavy atom. The first-order valence-electron chi connectivity index (χ1n) is 19.3. The Labute approximate surface area is 308 Å². The van der Waals surface area contributed by atoms with Crippen LogP contribution in [0.15, 0.2) is 121 Å². The third-order valence-electron chi connectivity index (χ3n) is 11.6. The number of hydrogen-bond acceptors (Lipinski definition) is 4. The fourth-order valence-electron chi connectivity index (χ4n) is 8.44. The highest BCUT2D eigenvalue weighted by Crippen LogP contribution is 2.46. The smallest absolute Gasteiger partial charge is 0.230 e. The van der Waals surface area contributed by atoms with E-state index in [4.69, 9.17) is 18.9 Å². The van der Waals surface area contributed by atoms with E-state index in [0.717, 1.165) is 67.5 Å². The molecule has 6 aromatic carbocycles. The summed E-state index contributed by atoms with van der Waals surface area (Å²) in [7, 11) is 0. The standard InChI is InChI=1S/C48H50O4/c1-33-11-15-35(16-12-33)37-19-25-41(26-20-37)49-31-51-45-29-23-39-7-3-5-9-43(39)47(45)48-44-10-6-4-8-40(44)24-30-46(48)52-32-50-42-27-21-38(22-28-42)36-17-13-34(2)14-18-36/h3-10,19-30,33-36H,11-18,31-32H2,1-2H3. The van der Waals surface area contributed by atoms with E-state index < -0.39 is 0 Å². The molecular formula is C48H50O4. The quantitative estimate of drug-likeness (QED) is 0.127. The molecule has 0 bridgehead atoms. The molecule has 4 heteroatoms. The van der Waals surface area contributed by atoms with E-state index in [-0.39, 0.29) is 13.6 Å². The molecule has 0 unspecified atom stereocenters. The maximum Gasteiger partial charge on any atom is 0.230 e. The highest BCUT2D eigenvalue weighted by atomic mass is 16.7. The van der Waals surface area contributed by atoms with Gasteiger partial charge in [0.2, 0.25) is 13.6 Å². The van der Waals surface area contributed by atoms with Gasteiger partial charge in [0.25, 0.3) is 0 Å². The molecule has 4 nitrogen and oxygen atoms in total. The Kier molecular flexibility index (Phi) is 10.3. The normalized spacial score (nSPS) is 20.4. The molecule has 0 amide bonds. The van der Waals surface area contributed by atoms with Gasteiger partial charge in [-0.15, -0.1) is 0 Å². The first-order valence-corrected chi connectivity index (χ1v) is 19.3. The number of rotatable bonds is 11. The van der Waals surface area contributed by atoms with E-state index in [1.54, 1.807) is 0 Å². The molecule has 266 valence electrons. The highest BCUT2D eigenvalue weighted by Gasteiger charge is 2.22. The van der Waals surface area contributed by atoms with Gasteiger partial charge in [0.05, 0.1) is 0 Å². The molecule has 2 saturated carbocycles. The van der Waals surface area contributed by atoms with E-state index >= 15 is 0 Å². The van der Waals surface area contributed by atoms with Gasteiger partial charge in [-0.1, -0.05) is 124 Å². The maximum absolute atomic E-state index is 6.50. The number of hydrogen-bond donors (Lipinski definition) is 0. The zero-order valence-corrected chi connectivity index (χ0v) is 30.6. The van der Waals surface area contributed by atoms with Crippen molar-refractivity contribution in [1.82, 2.24) is 0 Å². The van der Waals surface area contributed by atoms with Crippen molar-refractivity contribution in [3.05, 3.63) is 132 Å². The van der Waals surface area contributed by atoms with E-state index in [1.807, 2.05) is 12.1 Å². The van der Waals surface area contributed by atoms with Crippen LogP contribution in [0.1, 0.15) is 88.2 Å². The summed E-state index contributed by atoms with van der Waals surface area (Å²) in [5, 5.41) is 4.42. The second-order valence-corrected chi connectivity index (χ2v) is 15.2. The van der Waals surface area contributed by atoms with Crippen molar-refractivity contribution in [2.75, 3.05) is 13.6 Å². The zero-order chi connectivity index (χ0) is 35.3. The highest BCUT2D eigenvalue weighted by molar-refractivity contribution is 6.09. The van der Waals surface area contributed by atoms with Crippen LogP contribution in [0.3, 0.4) is 0 Å². The van der Waals surface area contributed by atoms with Gasteiger partial charge < -0.3 is 18.9 Å². The summed E-state index contributed by atoms with van der Waals surface area (Å²) in [6, 6.07) is 42.4. The van der Waals surface area contributed by atoms with Crippen LogP contribution in [0.2, 0.25) is 0 Å². The molecule has 2 fully saturated rings. The van der Waals surface area contributed by atoms with Crippen LogP contribution >= 0.6 is 0 Å². The molecular weight excluding hydrogens is 641 g/mol. The second kappa shape index (κ2) is 15.7. The van der Waals surface area contributed by atoms with E-state index in [9.17, 15) is 0 Å². The first-order chi connectivity index (χ1) is 25.6. The monoisotopic (exact) mass is 690 g/mol. The van der Waals surface area contributed by atoms with Gasteiger partial charge in [-0.3, -0.25) is 0 Å². The first kappa shape index (κ1) is 34.1. The fourth-order valence-corrected chi connectivity index (χ4v) is 8.44. The van der Waals surface area contributed by atoms with Crippen LogP contribution in [0.25, 0.3) is 32.7 Å². The maximum atomic E-state index is 6.50. The second-order valence-electron chi connectivity index (χ2n) is 15.2. The van der Waals surface area contributed by atoms with Crippen LogP contribution in [0.4, 0.5) is 0 Å². The lowest BCUT2D eigenvalue weighted by atomic mass is 9.79. The molecule has 0 atom stereocenters. The van der Waals surface area contributed by atoms with Crippen molar-refractivity contribution in [2.45, 2.75) is 77.0 Å². The average molecular weight is 691 g/mol. The van der Waals surface area contributed by atoms with Crippen LogP contribution in [0.5, 0.6) is 23.0 Å². The Bertz CT molecular complexity index is 1930. The van der Waals surface area contributed by atoms with Gasteiger partial charge in [0.15, 0.2) is 0 Å². The Morgan fingerprint density at radius 3 is 1.19 bits per heavy atom. The van der Waals surface area contributed by atoms with Gasteiger partial charge >= 0.3 is 0 Å². The van der Waals surface area contributed by atoms with Gasteiger partial charge in [0.1, 0.15) is 23.0 Å². The van der Waals surface area contributed by atoms with Crippen molar-refractivity contribution >= 4 is 21.5 Å². The molecule has 0 radical (unpaired) electrons. The van der Waals surface area contributed by atoms with Crippen LogP contribution < -0.4 is 18.9 Å². The predicted molar refractivity (Wildman–Crippen MR) is 213 cm³/mol. The van der Waals surface area contributed by atoms with E-state index in [0.29, 0.717) is 11.8 Å². The van der Waals surface area contributed by atoms with Crippen molar-refractivity contribution < 1.29 is 18.9 Å². The molecule has 2 aliphatic carbocycles. The molecule has 0 N–H and O–H groups in total. The van der Waals surface area contributed by atoms with Crippen molar-refractivity contribution in [3.63, 3.8) is 0 Å². The summed E-state index contributed by atoms with van der Waals surface area (Å²) in [5.41, 5.74) is 4.77. The molecule has 0 heterocycles. The predicted octanol–water partition coefficient (Wildman–Crippen LogP) is 13.1. The van der Waals surface area contributed by atoms with Gasteiger partial charge in [-0.2, -0.15) is 0 Å². The molecule has 2 aliphatic rings. The number of benzene rings is 6. The minimum absolute atomic E-state index is 0.0889. The van der Waals surface area contributed by atoms with Gasteiger partial charge in [0, 0.05) is 11.1 Å². The largest absolute Gasteiger partial charge is 0.458 e. The van der Waals surface area contributed by atoms with Crippen LogP contribution in [0, 0.1) is 11.8 Å². The van der Waals surface area contributed by atoms with Crippen molar-refractivity contribution in [3.8, 4) is 34.1 Å². The minimum Gasteiger partial charge on any atom is -0.458 e. The fraction of sp³-hybridized carbons (Fsp3) is 0.333. The van der Waals surface area contributed by atoms with Crippen molar-refractivity contribution in [2.24, 2.45) is 11.8 Å². The average Bonchev–Trinajstić information content (AvgIpc) is 3.19. The Hall–Kier alpha value is -4.96.